The summed E-state index contributed by atoms with van der Waals surface area (Å²) in [5, 5.41) is 16.8. The number of sulfonamides is 1. The van der Waals surface area contributed by atoms with E-state index in [2.05, 4.69) is 10.5 Å². The highest BCUT2D eigenvalue weighted by Gasteiger charge is 2.29. The third-order valence-electron chi connectivity index (χ3n) is 3.51. The second-order valence-corrected chi connectivity index (χ2v) is 7.92. The van der Waals surface area contributed by atoms with Crippen LogP contribution in [0.1, 0.15) is 5.76 Å². The molecule has 0 aliphatic carbocycles. The summed E-state index contributed by atoms with van der Waals surface area (Å²) in [4.78, 5) is 22.1. The first-order valence-corrected chi connectivity index (χ1v) is 9.63. The fourth-order valence-electron chi connectivity index (χ4n) is 2.19. The molecule has 2 aromatic rings. The van der Waals surface area contributed by atoms with Gasteiger partial charge in [0.2, 0.25) is 15.9 Å². The molecule has 1 amide bonds. The number of nitrogens with zero attached hydrogens (tertiary/aromatic N) is 3. The number of benzene rings is 1. The van der Waals surface area contributed by atoms with Crippen LogP contribution in [0, 0.1) is 17.0 Å². The lowest BCUT2D eigenvalue weighted by molar-refractivity contribution is -0.384. The van der Waals surface area contributed by atoms with E-state index < -0.39 is 33.1 Å². The van der Waals surface area contributed by atoms with Crippen molar-refractivity contribution in [3.8, 4) is 0 Å². The van der Waals surface area contributed by atoms with Crippen LogP contribution < -0.4 is 5.32 Å². The Kier molecular flexibility index (Phi) is 7.07. The van der Waals surface area contributed by atoms with Crippen molar-refractivity contribution in [1.82, 2.24) is 9.46 Å². The highest BCUT2D eigenvalue weighted by atomic mass is 35.5. The molecule has 0 radical (unpaired) electrons. The van der Waals surface area contributed by atoms with Crippen LogP contribution in [0.2, 0.25) is 5.02 Å². The van der Waals surface area contributed by atoms with Crippen LogP contribution in [0.25, 0.3) is 0 Å². The second kappa shape index (κ2) is 9.10. The maximum atomic E-state index is 12.9. The number of amides is 1. The van der Waals surface area contributed by atoms with Gasteiger partial charge in [0, 0.05) is 25.8 Å². The van der Waals surface area contributed by atoms with Crippen molar-refractivity contribution in [2.24, 2.45) is 0 Å². The van der Waals surface area contributed by atoms with Crippen molar-refractivity contribution >= 4 is 39.0 Å². The van der Waals surface area contributed by atoms with Crippen molar-refractivity contribution in [2.45, 2.75) is 11.8 Å². The third-order valence-corrected chi connectivity index (χ3v) is 5.67. The van der Waals surface area contributed by atoms with Gasteiger partial charge in [-0.3, -0.25) is 14.9 Å². The predicted molar refractivity (Wildman–Crippen MR) is 98.6 cm³/mol. The van der Waals surface area contributed by atoms with Crippen molar-refractivity contribution in [2.75, 3.05) is 32.1 Å². The van der Waals surface area contributed by atoms with Crippen LogP contribution in [0.15, 0.2) is 33.7 Å². The molecular weight excluding hydrogens is 416 g/mol. The number of ether oxygens (including phenoxy) is 1. The highest BCUT2D eigenvalue weighted by Crippen LogP contribution is 2.28. The number of nitro groups is 1. The van der Waals surface area contributed by atoms with Gasteiger partial charge in [-0.15, -0.1) is 0 Å². The minimum atomic E-state index is -4.24. The maximum Gasteiger partial charge on any atom is 0.289 e. The molecule has 1 N–H and O–H groups in total. The predicted octanol–water partition coefficient (Wildman–Crippen LogP) is 1.82. The number of carbonyl (C=O) groups is 1. The van der Waals surface area contributed by atoms with Crippen LogP contribution >= 0.6 is 11.6 Å². The number of carbonyl (C=O) groups excluding carboxylic acids is 1. The summed E-state index contributed by atoms with van der Waals surface area (Å²) in [5.74, 6) is -0.0715. The molecule has 0 spiro atoms. The monoisotopic (exact) mass is 432 g/mol. The Balaban J connectivity index is 2.28. The number of halogens is 1. The van der Waals surface area contributed by atoms with Crippen molar-refractivity contribution in [1.29, 1.82) is 0 Å². The van der Waals surface area contributed by atoms with Gasteiger partial charge in [0.25, 0.3) is 5.69 Å². The number of rotatable bonds is 9. The lowest BCUT2D eigenvalue weighted by Gasteiger charge is -2.21. The van der Waals surface area contributed by atoms with E-state index in [-0.39, 0.29) is 28.9 Å². The highest BCUT2D eigenvalue weighted by molar-refractivity contribution is 7.89. The summed E-state index contributed by atoms with van der Waals surface area (Å²) < 4.78 is 36.4. The van der Waals surface area contributed by atoms with Gasteiger partial charge in [0.05, 0.1) is 23.0 Å². The van der Waals surface area contributed by atoms with E-state index in [1.165, 1.54) is 13.2 Å². The average molecular weight is 433 g/mol. The molecule has 1 aromatic heterocycles. The molecule has 0 aliphatic rings. The normalized spacial score (nSPS) is 11.6. The van der Waals surface area contributed by atoms with E-state index in [0.717, 1.165) is 22.5 Å². The Bertz CT molecular complexity index is 977. The van der Waals surface area contributed by atoms with E-state index in [1.807, 2.05) is 0 Å². The Morgan fingerprint density at radius 1 is 1.43 bits per heavy atom. The summed E-state index contributed by atoms with van der Waals surface area (Å²) >= 11 is 5.73. The van der Waals surface area contributed by atoms with Gasteiger partial charge in [0.15, 0.2) is 5.82 Å². The average Bonchev–Trinajstić information content (AvgIpc) is 3.03. The molecule has 1 heterocycles. The zero-order valence-corrected chi connectivity index (χ0v) is 16.5. The summed E-state index contributed by atoms with van der Waals surface area (Å²) in [7, 11) is -2.87. The topological polar surface area (TPSA) is 145 Å². The summed E-state index contributed by atoms with van der Waals surface area (Å²) in [5.41, 5.74) is -0.558. The molecule has 0 saturated heterocycles. The molecule has 0 atom stereocenters. The number of hydrogen-bond acceptors (Lipinski definition) is 8. The minimum absolute atomic E-state index is 0.00522. The Morgan fingerprint density at radius 2 is 2.14 bits per heavy atom. The van der Waals surface area contributed by atoms with E-state index in [9.17, 15) is 23.3 Å². The van der Waals surface area contributed by atoms with E-state index >= 15 is 0 Å². The number of nitrogens with one attached hydrogen (secondary N) is 1. The van der Waals surface area contributed by atoms with E-state index in [4.69, 9.17) is 20.9 Å². The zero-order valence-electron chi connectivity index (χ0n) is 14.9. The number of nitro benzene ring substituents is 1. The molecule has 1 aromatic carbocycles. The first-order valence-electron chi connectivity index (χ1n) is 7.81. The van der Waals surface area contributed by atoms with Crippen LogP contribution in [-0.4, -0.2) is 55.5 Å². The number of hydrogen-bond donors (Lipinski definition) is 1. The number of aryl methyl sites for hydroxylation is 1. The summed E-state index contributed by atoms with van der Waals surface area (Å²) in [6.45, 7) is 0.922. The SMILES string of the molecule is COCCN(CC(=O)Nc1cc(C)on1)S(=O)(=O)c1ccc(Cl)c([N+](=O)[O-])c1. The Morgan fingerprint density at radius 3 is 2.71 bits per heavy atom. The standard InChI is InChI=1S/C15H17ClN4O7S/c1-10-7-14(18-27-10)17-15(21)9-19(5-6-26-2)28(24,25)11-3-4-12(16)13(8-11)20(22)23/h3-4,7-8H,5-6,9H2,1-2H3,(H,17,18,21). The summed E-state index contributed by atoms with van der Waals surface area (Å²) in [6, 6.07) is 4.55. The first-order chi connectivity index (χ1) is 13.1. The van der Waals surface area contributed by atoms with Gasteiger partial charge in [-0.2, -0.15) is 4.31 Å². The van der Waals surface area contributed by atoms with Crippen LogP contribution in [0.4, 0.5) is 11.5 Å². The minimum Gasteiger partial charge on any atom is -0.383 e. The van der Waals surface area contributed by atoms with Crippen molar-refractivity contribution in [3.05, 3.63) is 45.2 Å². The molecule has 11 nitrogen and oxygen atoms in total. The van der Waals surface area contributed by atoms with Crippen LogP contribution in [0.3, 0.4) is 0 Å². The van der Waals surface area contributed by atoms with Crippen molar-refractivity contribution < 1.29 is 27.4 Å². The molecule has 0 unspecified atom stereocenters. The molecule has 152 valence electrons. The Labute approximate surface area is 165 Å². The van der Waals surface area contributed by atoms with Gasteiger partial charge in [0.1, 0.15) is 10.8 Å². The molecule has 0 fully saturated rings. The molecule has 0 aliphatic heterocycles. The summed E-state index contributed by atoms with van der Waals surface area (Å²) in [6.07, 6.45) is 0. The number of aromatic nitrogens is 1. The molecular formula is C15H17ClN4O7S. The molecule has 2 rings (SSSR count). The fraction of sp³-hybridized carbons (Fsp3) is 0.333. The maximum absolute atomic E-state index is 12.9. The van der Waals surface area contributed by atoms with Gasteiger partial charge in [-0.25, -0.2) is 8.42 Å². The van der Waals surface area contributed by atoms with Gasteiger partial charge in [-0.05, 0) is 19.1 Å². The molecule has 13 heteroatoms. The molecule has 0 saturated carbocycles. The van der Waals surface area contributed by atoms with E-state index in [1.54, 1.807) is 6.92 Å². The molecule has 0 bridgehead atoms. The smallest absolute Gasteiger partial charge is 0.289 e. The van der Waals surface area contributed by atoms with Crippen LogP contribution in [-0.2, 0) is 19.6 Å². The van der Waals surface area contributed by atoms with E-state index in [0.29, 0.717) is 5.76 Å². The fourth-order valence-corrected chi connectivity index (χ4v) is 3.77. The second-order valence-electron chi connectivity index (χ2n) is 5.57. The van der Waals surface area contributed by atoms with Gasteiger partial charge < -0.3 is 14.6 Å². The number of anilines is 1. The van der Waals surface area contributed by atoms with Gasteiger partial charge >= 0.3 is 0 Å². The molecule has 28 heavy (non-hydrogen) atoms. The number of methoxy groups -OCH3 is 1. The van der Waals surface area contributed by atoms with Crippen LogP contribution in [0.5, 0.6) is 0 Å². The first kappa shape index (κ1) is 21.8. The quantitative estimate of drug-likeness (QED) is 0.466. The van der Waals surface area contributed by atoms with Gasteiger partial charge in [-0.1, -0.05) is 16.8 Å². The lowest BCUT2D eigenvalue weighted by atomic mass is 10.3. The largest absolute Gasteiger partial charge is 0.383 e. The van der Waals surface area contributed by atoms with Crippen molar-refractivity contribution in [3.63, 3.8) is 0 Å². The Hall–Kier alpha value is -2.54. The third kappa shape index (κ3) is 5.25. The lowest BCUT2D eigenvalue weighted by Crippen LogP contribution is -2.40. The zero-order chi connectivity index (χ0) is 20.9.